The van der Waals surface area contributed by atoms with Crippen LogP contribution in [0.15, 0.2) is 24.3 Å². The Morgan fingerprint density at radius 3 is 2.61 bits per heavy atom. The molecule has 1 N–H and O–H groups in total. The van der Waals surface area contributed by atoms with Gasteiger partial charge < -0.3 is 15.0 Å². The summed E-state index contributed by atoms with van der Waals surface area (Å²) < 4.78 is 5.44. The molecule has 0 unspecified atom stereocenters. The van der Waals surface area contributed by atoms with E-state index >= 15 is 0 Å². The molecule has 0 aliphatic carbocycles. The molecule has 4 heteroatoms. The number of morpholine rings is 1. The zero-order valence-corrected chi connectivity index (χ0v) is 14.6. The summed E-state index contributed by atoms with van der Waals surface area (Å²) in [4.78, 5) is 5.06. The van der Waals surface area contributed by atoms with Crippen molar-refractivity contribution in [3.05, 3.63) is 29.8 Å². The molecule has 1 atom stereocenters. The van der Waals surface area contributed by atoms with Crippen molar-refractivity contribution in [1.82, 2.24) is 10.2 Å². The van der Waals surface area contributed by atoms with Gasteiger partial charge in [-0.1, -0.05) is 12.1 Å². The predicted octanol–water partition coefficient (Wildman–Crippen LogP) is 2.27. The number of hydrogen-bond donors (Lipinski definition) is 1. The highest BCUT2D eigenvalue weighted by Crippen LogP contribution is 2.21. The molecule has 1 aromatic carbocycles. The lowest BCUT2D eigenvalue weighted by Gasteiger charge is -2.36. The Bertz CT molecular complexity index is 479. The van der Waals surface area contributed by atoms with E-state index in [2.05, 4.69) is 53.2 Å². The maximum absolute atomic E-state index is 5.44. The number of piperidine rings is 1. The summed E-state index contributed by atoms with van der Waals surface area (Å²) in [6.45, 7) is 11.8. The van der Waals surface area contributed by atoms with Gasteiger partial charge in [-0.3, -0.25) is 4.90 Å². The van der Waals surface area contributed by atoms with Crippen molar-refractivity contribution in [3.8, 4) is 0 Å². The molecule has 4 nitrogen and oxygen atoms in total. The molecule has 0 saturated carbocycles. The van der Waals surface area contributed by atoms with Crippen LogP contribution < -0.4 is 10.2 Å². The van der Waals surface area contributed by atoms with Crippen LogP contribution in [0, 0.1) is 6.92 Å². The first-order valence-corrected chi connectivity index (χ1v) is 9.09. The molecular formula is C19H31N3O. The zero-order chi connectivity index (χ0) is 16.1. The van der Waals surface area contributed by atoms with Gasteiger partial charge in [0.25, 0.3) is 0 Å². The number of hydrogen-bond acceptors (Lipinski definition) is 4. The molecule has 2 saturated heterocycles. The van der Waals surface area contributed by atoms with Crippen molar-refractivity contribution >= 4 is 5.69 Å². The number of benzene rings is 1. The first-order valence-electron chi connectivity index (χ1n) is 9.09. The predicted molar refractivity (Wildman–Crippen MR) is 96.3 cm³/mol. The third kappa shape index (κ3) is 4.69. The summed E-state index contributed by atoms with van der Waals surface area (Å²) in [6.07, 6.45) is 2.48. The first kappa shape index (κ1) is 16.7. The maximum atomic E-state index is 5.44. The molecule has 0 aromatic heterocycles. The van der Waals surface area contributed by atoms with E-state index in [1.807, 2.05) is 0 Å². The molecule has 128 valence electrons. The summed E-state index contributed by atoms with van der Waals surface area (Å²) in [6, 6.07) is 10.1. The van der Waals surface area contributed by atoms with Gasteiger partial charge in [0.15, 0.2) is 0 Å². The van der Waals surface area contributed by atoms with Crippen LogP contribution in [-0.2, 0) is 4.74 Å². The van der Waals surface area contributed by atoms with Crippen molar-refractivity contribution < 1.29 is 4.74 Å². The molecule has 2 aliphatic rings. The number of rotatable bonds is 5. The highest BCUT2D eigenvalue weighted by Gasteiger charge is 2.21. The fourth-order valence-corrected chi connectivity index (χ4v) is 3.65. The van der Waals surface area contributed by atoms with Gasteiger partial charge in [-0.15, -0.1) is 0 Å². The van der Waals surface area contributed by atoms with Crippen LogP contribution in [-0.4, -0.2) is 62.9 Å². The number of anilines is 1. The van der Waals surface area contributed by atoms with Crippen LogP contribution >= 0.6 is 0 Å². The van der Waals surface area contributed by atoms with Gasteiger partial charge >= 0.3 is 0 Å². The molecule has 0 bridgehead atoms. The number of ether oxygens (including phenoxy) is 1. The summed E-state index contributed by atoms with van der Waals surface area (Å²) >= 11 is 0. The van der Waals surface area contributed by atoms with Gasteiger partial charge in [0.2, 0.25) is 0 Å². The van der Waals surface area contributed by atoms with E-state index in [0.717, 1.165) is 45.9 Å². The molecule has 3 rings (SSSR count). The molecule has 1 aromatic rings. The Labute approximate surface area is 140 Å². The molecule has 0 spiro atoms. The lowest BCUT2D eigenvalue weighted by molar-refractivity contribution is 0.0198. The fraction of sp³-hybridized carbons (Fsp3) is 0.684. The Morgan fingerprint density at radius 2 is 1.91 bits per heavy atom. The standard InChI is InChI=1S/C19H31N3O/c1-16-4-3-5-19(14-16)22-8-6-18(7-9-22)20-15-17(2)21-10-12-23-13-11-21/h3-5,14,17-18,20H,6-13,15H2,1-2H3/t17-/m0/s1. The maximum Gasteiger partial charge on any atom is 0.0594 e. The van der Waals surface area contributed by atoms with Gasteiger partial charge in [-0.05, 0) is 44.4 Å². The van der Waals surface area contributed by atoms with Crippen LogP contribution in [0.3, 0.4) is 0 Å². The van der Waals surface area contributed by atoms with E-state index < -0.39 is 0 Å². The van der Waals surface area contributed by atoms with Crippen molar-refractivity contribution in [2.45, 2.75) is 38.8 Å². The molecule has 0 radical (unpaired) electrons. The SMILES string of the molecule is Cc1cccc(N2CCC(NC[C@H](C)N3CCOCC3)CC2)c1. The molecule has 2 aliphatic heterocycles. The molecular weight excluding hydrogens is 286 g/mol. The Kier molecular flexibility index (Phi) is 5.92. The van der Waals surface area contributed by atoms with Gasteiger partial charge in [-0.25, -0.2) is 0 Å². The molecule has 23 heavy (non-hydrogen) atoms. The monoisotopic (exact) mass is 317 g/mol. The Morgan fingerprint density at radius 1 is 1.17 bits per heavy atom. The van der Waals surface area contributed by atoms with Crippen LogP contribution in [0.2, 0.25) is 0 Å². The quantitative estimate of drug-likeness (QED) is 0.902. The number of nitrogens with zero attached hydrogens (tertiary/aromatic N) is 2. The van der Waals surface area contributed by atoms with Crippen LogP contribution in [0.4, 0.5) is 5.69 Å². The first-order chi connectivity index (χ1) is 11.2. The number of aryl methyl sites for hydroxylation is 1. The highest BCUT2D eigenvalue weighted by molar-refractivity contribution is 5.48. The van der Waals surface area contributed by atoms with E-state index in [9.17, 15) is 0 Å². The van der Waals surface area contributed by atoms with E-state index in [-0.39, 0.29) is 0 Å². The Hall–Kier alpha value is -1.10. The van der Waals surface area contributed by atoms with Gasteiger partial charge in [0, 0.05) is 50.5 Å². The van der Waals surface area contributed by atoms with Crippen molar-refractivity contribution in [1.29, 1.82) is 0 Å². The minimum Gasteiger partial charge on any atom is -0.379 e. The van der Waals surface area contributed by atoms with Gasteiger partial charge in [-0.2, -0.15) is 0 Å². The minimum atomic E-state index is 0.605. The Balaban J connectivity index is 1.40. The second kappa shape index (κ2) is 8.13. The van der Waals surface area contributed by atoms with Gasteiger partial charge in [0.1, 0.15) is 0 Å². The zero-order valence-electron chi connectivity index (χ0n) is 14.6. The summed E-state index contributed by atoms with van der Waals surface area (Å²) in [5, 5.41) is 3.79. The normalized spacial score (nSPS) is 22.3. The van der Waals surface area contributed by atoms with Gasteiger partial charge in [0.05, 0.1) is 13.2 Å². The van der Waals surface area contributed by atoms with Crippen molar-refractivity contribution in [2.75, 3.05) is 50.8 Å². The summed E-state index contributed by atoms with van der Waals surface area (Å²) in [7, 11) is 0. The third-order valence-electron chi connectivity index (χ3n) is 5.23. The summed E-state index contributed by atoms with van der Waals surface area (Å²) in [5.74, 6) is 0. The van der Waals surface area contributed by atoms with Crippen LogP contribution in [0.25, 0.3) is 0 Å². The molecule has 2 heterocycles. The fourth-order valence-electron chi connectivity index (χ4n) is 3.65. The minimum absolute atomic E-state index is 0.605. The molecule has 0 amide bonds. The largest absolute Gasteiger partial charge is 0.379 e. The third-order valence-corrected chi connectivity index (χ3v) is 5.23. The average molecular weight is 317 g/mol. The second-order valence-electron chi connectivity index (χ2n) is 7.01. The van der Waals surface area contributed by atoms with Crippen molar-refractivity contribution in [2.24, 2.45) is 0 Å². The van der Waals surface area contributed by atoms with E-state index in [1.165, 1.54) is 24.1 Å². The summed E-state index contributed by atoms with van der Waals surface area (Å²) in [5.41, 5.74) is 2.73. The highest BCUT2D eigenvalue weighted by atomic mass is 16.5. The van der Waals surface area contributed by atoms with Crippen molar-refractivity contribution in [3.63, 3.8) is 0 Å². The average Bonchev–Trinajstić information content (AvgIpc) is 2.61. The molecule has 2 fully saturated rings. The number of nitrogens with one attached hydrogen (secondary N) is 1. The lowest BCUT2D eigenvalue weighted by Crippen LogP contribution is -2.50. The lowest BCUT2D eigenvalue weighted by atomic mass is 10.0. The van der Waals surface area contributed by atoms with Crippen LogP contribution in [0.5, 0.6) is 0 Å². The van der Waals surface area contributed by atoms with E-state index in [1.54, 1.807) is 0 Å². The smallest absolute Gasteiger partial charge is 0.0594 e. The topological polar surface area (TPSA) is 27.7 Å². The van der Waals surface area contributed by atoms with E-state index in [4.69, 9.17) is 4.74 Å². The second-order valence-corrected chi connectivity index (χ2v) is 7.01. The van der Waals surface area contributed by atoms with Crippen LogP contribution in [0.1, 0.15) is 25.3 Å². The van der Waals surface area contributed by atoms with E-state index in [0.29, 0.717) is 12.1 Å².